The normalized spacial score (nSPS) is 11.0. The van der Waals surface area contributed by atoms with Crippen LogP contribution in [0.2, 0.25) is 0 Å². The molecule has 0 atom stereocenters. The Labute approximate surface area is 170 Å². The second-order valence-corrected chi connectivity index (χ2v) is 8.69. The quantitative estimate of drug-likeness (QED) is 0.521. The fourth-order valence-corrected chi connectivity index (χ4v) is 3.23. The standard InChI is InChI=1S/C21H23NO6S/c1-14-4-9-18(29(3,26)27)12-19(14)21(25)28-13-20(24)17-7-5-16(6-8-17)10-11-22-15(2)23/h4-9,12H,10-11,13H2,1-3H3,(H,22,23). The molecular formula is C21H23NO6S. The molecule has 7 nitrogen and oxygen atoms in total. The number of rotatable bonds is 8. The summed E-state index contributed by atoms with van der Waals surface area (Å²) < 4.78 is 28.4. The summed E-state index contributed by atoms with van der Waals surface area (Å²) in [6, 6.07) is 11.0. The summed E-state index contributed by atoms with van der Waals surface area (Å²) in [6.45, 7) is 3.16. The molecule has 2 aromatic carbocycles. The van der Waals surface area contributed by atoms with E-state index in [1.807, 2.05) is 0 Å². The highest BCUT2D eigenvalue weighted by molar-refractivity contribution is 7.90. The van der Waals surface area contributed by atoms with E-state index in [0.29, 0.717) is 24.1 Å². The van der Waals surface area contributed by atoms with E-state index in [2.05, 4.69) is 5.32 Å². The minimum absolute atomic E-state index is 0.0104. The van der Waals surface area contributed by atoms with Crippen molar-refractivity contribution in [3.05, 3.63) is 64.7 Å². The first-order chi connectivity index (χ1) is 13.6. The molecule has 0 fully saturated rings. The van der Waals surface area contributed by atoms with Crippen molar-refractivity contribution in [1.82, 2.24) is 5.32 Å². The van der Waals surface area contributed by atoms with Gasteiger partial charge >= 0.3 is 5.97 Å². The summed E-state index contributed by atoms with van der Waals surface area (Å²) in [5.74, 6) is -1.23. The Balaban J connectivity index is 1.98. The van der Waals surface area contributed by atoms with Crippen molar-refractivity contribution in [2.45, 2.75) is 25.2 Å². The van der Waals surface area contributed by atoms with Gasteiger partial charge in [-0.05, 0) is 36.6 Å². The molecule has 0 bridgehead atoms. The number of hydrogen-bond donors (Lipinski definition) is 1. The fraction of sp³-hybridized carbons (Fsp3) is 0.286. The lowest BCUT2D eigenvalue weighted by molar-refractivity contribution is -0.118. The van der Waals surface area contributed by atoms with Crippen molar-refractivity contribution in [3.63, 3.8) is 0 Å². The van der Waals surface area contributed by atoms with E-state index in [1.165, 1.54) is 25.1 Å². The van der Waals surface area contributed by atoms with Crippen molar-refractivity contribution in [2.75, 3.05) is 19.4 Å². The second-order valence-electron chi connectivity index (χ2n) is 6.68. The van der Waals surface area contributed by atoms with Crippen LogP contribution in [0, 0.1) is 6.92 Å². The van der Waals surface area contributed by atoms with E-state index < -0.39 is 22.4 Å². The van der Waals surface area contributed by atoms with Gasteiger partial charge in [-0.1, -0.05) is 30.3 Å². The molecule has 1 N–H and O–H groups in total. The van der Waals surface area contributed by atoms with Crippen LogP contribution < -0.4 is 5.32 Å². The summed E-state index contributed by atoms with van der Waals surface area (Å²) in [7, 11) is -3.46. The molecule has 0 saturated heterocycles. The maximum absolute atomic E-state index is 12.3. The number of amides is 1. The highest BCUT2D eigenvalue weighted by atomic mass is 32.2. The van der Waals surface area contributed by atoms with Gasteiger partial charge in [0, 0.05) is 25.3 Å². The van der Waals surface area contributed by atoms with Gasteiger partial charge in [0.15, 0.2) is 22.2 Å². The van der Waals surface area contributed by atoms with E-state index in [1.54, 1.807) is 31.2 Å². The van der Waals surface area contributed by atoms with Crippen LogP contribution >= 0.6 is 0 Å². The molecule has 0 unspecified atom stereocenters. The van der Waals surface area contributed by atoms with Gasteiger partial charge in [0.25, 0.3) is 0 Å². The lowest BCUT2D eigenvalue weighted by atomic mass is 10.1. The van der Waals surface area contributed by atoms with Crippen LogP contribution in [-0.4, -0.2) is 45.5 Å². The predicted molar refractivity (Wildman–Crippen MR) is 108 cm³/mol. The molecular weight excluding hydrogens is 394 g/mol. The zero-order valence-corrected chi connectivity index (χ0v) is 17.3. The van der Waals surface area contributed by atoms with Crippen LogP contribution in [0.3, 0.4) is 0 Å². The number of hydrogen-bond acceptors (Lipinski definition) is 6. The van der Waals surface area contributed by atoms with Crippen LogP contribution in [-0.2, 0) is 25.8 Å². The van der Waals surface area contributed by atoms with Crippen molar-refractivity contribution >= 4 is 27.5 Å². The van der Waals surface area contributed by atoms with Crippen LogP contribution in [0.5, 0.6) is 0 Å². The zero-order chi connectivity index (χ0) is 21.6. The average Bonchev–Trinajstić information content (AvgIpc) is 2.65. The molecule has 0 heterocycles. The molecule has 154 valence electrons. The molecule has 0 aliphatic heterocycles. The molecule has 0 saturated carbocycles. The number of ether oxygens (including phenoxy) is 1. The van der Waals surface area contributed by atoms with E-state index in [4.69, 9.17) is 4.74 Å². The first-order valence-electron chi connectivity index (χ1n) is 8.92. The number of Topliss-reactive ketones (excluding diaryl/α,β-unsaturated/α-hetero) is 1. The second kappa shape index (κ2) is 9.47. The number of nitrogens with one attached hydrogen (secondary N) is 1. The number of sulfone groups is 1. The molecule has 0 aromatic heterocycles. The Bertz CT molecular complexity index is 1030. The molecule has 0 aliphatic rings. The summed E-state index contributed by atoms with van der Waals surface area (Å²) in [6.07, 6.45) is 1.69. The van der Waals surface area contributed by atoms with Gasteiger partial charge in [-0.2, -0.15) is 0 Å². The van der Waals surface area contributed by atoms with Gasteiger partial charge in [-0.3, -0.25) is 9.59 Å². The van der Waals surface area contributed by atoms with Gasteiger partial charge in [0.1, 0.15) is 0 Å². The maximum atomic E-state index is 12.3. The van der Waals surface area contributed by atoms with Crippen LogP contribution in [0.25, 0.3) is 0 Å². The lowest BCUT2D eigenvalue weighted by Gasteiger charge is -2.09. The number of ketones is 1. The van der Waals surface area contributed by atoms with Crippen molar-refractivity contribution in [3.8, 4) is 0 Å². The first-order valence-corrected chi connectivity index (χ1v) is 10.8. The van der Waals surface area contributed by atoms with Crippen LogP contribution in [0.15, 0.2) is 47.4 Å². The molecule has 8 heteroatoms. The van der Waals surface area contributed by atoms with Crippen molar-refractivity contribution in [1.29, 1.82) is 0 Å². The van der Waals surface area contributed by atoms with Gasteiger partial charge in [0.2, 0.25) is 5.91 Å². The number of carbonyl (C=O) groups excluding carboxylic acids is 3. The predicted octanol–water partition coefficient (Wildman–Crippen LogP) is 2.12. The van der Waals surface area contributed by atoms with Crippen molar-refractivity contribution in [2.24, 2.45) is 0 Å². The van der Waals surface area contributed by atoms with Gasteiger partial charge in [-0.25, -0.2) is 13.2 Å². The highest BCUT2D eigenvalue weighted by Gasteiger charge is 2.17. The molecule has 2 rings (SSSR count). The minimum atomic E-state index is -3.46. The smallest absolute Gasteiger partial charge is 0.338 e. The summed E-state index contributed by atoms with van der Waals surface area (Å²) in [5, 5.41) is 2.70. The maximum Gasteiger partial charge on any atom is 0.338 e. The Hall–Kier alpha value is -3.00. The van der Waals surface area contributed by atoms with Gasteiger partial charge in [-0.15, -0.1) is 0 Å². The fourth-order valence-electron chi connectivity index (χ4n) is 2.58. The Morgan fingerprint density at radius 3 is 2.28 bits per heavy atom. The average molecular weight is 417 g/mol. The third-order valence-electron chi connectivity index (χ3n) is 4.25. The summed E-state index contributed by atoms with van der Waals surface area (Å²) in [5.41, 5.74) is 2.01. The number of aryl methyl sites for hydroxylation is 1. The molecule has 2 aromatic rings. The highest BCUT2D eigenvalue weighted by Crippen LogP contribution is 2.17. The third-order valence-corrected chi connectivity index (χ3v) is 5.37. The summed E-state index contributed by atoms with van der Waals surface area (Å²) in [4.78, 5) is 35.5. The van der Waals surface area contributed by atoms with E-state index in [-0.39, 0.29) is 22.1 Å². The topological polar surface area (TPSA) is 107 Å². The lowest BCUT2D eigenvalue weighted by Crippen LogP contribution is -2.22. The summed E-state index contributed by atoms with van der Waals surface area (Å²) >= 11 is 0. The largest absolute Gasteiger partial charge is 0.454 e. The van der Waals surface area contributed by atoms with Crippen molar-refractivity contribution < 1.29 is 27.5 Å². The van der Waals surface area contributed by atoms with Crippen LogP contribution in [0.1, 0.15) is 38.8 Å². The molecule has 1 amide bonds. The monoisotopic (exact) mass is 417 g/mol. The molecule has 0 aliphatic carbocycles. The molecule has 29 heavy (non-hydrogen) atoms. The van der Waals surface area contributed by atoms with E-state index in [0.717, 1.165) is 11.8 Å². The number of benzene rings is 2. The zero-order valence-electron chi connectivity index (χ0n) is 16.5. The van der Waals surface area contributed by atoms with E-state index in [9.17, 15) is 22.8 Å². The van der Waals surface area contributed by atoms with Crippen LogP contribution in [0.4, 0.5) is 0 Å². The molecule has 0 radical (unpaired) electrons. The van der Waals surface area contributed by atoms with E-state index >= 15 is 0 Å². The Morgan fingerprint density at radius 1 is 1.03 bits per heavy atom. The first kappa shape index (κ1) is 22.3. The van der Waals surface area contributed by atoms with Gasteiger partial charge in [0.05, 0.1) is 10.5 Å². The third kappa shape index (κ3) is 6.53. The number of esters is 1. The number of carbonyl (C=O) groups is 3. The SMILES string of the molecule is CC(=O)NCCc1ccc(C(=O)COC(=O)c2cc(S(C)(=O)=O)ccc2C)cc1. The minimum Gasteiger partial charge on any atom is -0.454 e. The molecule has 0 spiro atoms. The van der Waals surface area contributed by atoms with Gasteiger partial charge < -0.3 is 10.1 Å². The Morgan fingerprint density at radius 2 is 1.69 bits per heavy atom. The Kier molecular flexibility index (Phi) is 7.28.